The third kappa shape index (κ3) is 4.80. The van der Waals surface area contributed by atoms with Crippen LogP contribution in [0.5, 0.6) is 0 Å². The molecule has 1 amide bonds. The Bertz CT molecular complexity index is 1200. The molecule has 2 aliphatic rings. The van der Waals surface area contributed by atoms with Crippen LogP contribution in [0.15, 0.2) is 75.9 Å². The first-order valence-electron chi connectivity index (χ1n) is 11.4. The number of rotatable bonds is 7. The van der Waals surface area contributed by atoms with Crippen molar-refractivity contribution in [2.45, 2.75) is 46.2 Å². The molecule has 2 aromatic carbocycles. The first-order valence-corrected chi connectivity index (χ1v) is 12.2. The standard InChI is InChI=1S/C27H29N3O3S/c1-5-22-24(26(32)33-4)25(21-13-17(2)11-12-18(21)3)30-20(16-34-27(30)29-22)14-23(31)28-15-19-9-7-6-8-10-19/h6-13,16,25H,5,14-15H2,1-4H3,(H,28,31)/t25-/m1/s1. The first kappa shape index (κ1) is 23.8. The summed E-state index contributed by atoms with van der Waals surface area (Å²) >= 11 is 1.49. The fourth-order valence-corrected chi connectivity index (χ4v) is 5.22. The van der Waals surface area contributed by atoms with E-state index in [1.807, 2.05) is 61.4 Å². The lowest BCUT2D eigenvalue weighted by Crippen LogP contribution is -2.38. The van der Waals surface area contributed by atoms with Crippen LogP contribution in [0.3, 0.4) is 0 Å². The van der Waals surface area contributed by atoms with Gasteiger partial charge in [-0.25, -0.2) is 9.79 Å². The maximum absolute atomic E-state index is 13.0. The number of allylic oxidation sites excluding steroid dienone is 1. The molecule has 6 nitrogen and oxygen atoms in total. The molecule has 176 valence electrons. The molecule has 0 saturated heterocycles. The Kier molecular flexibility index (Phi) is 7.22. The van der Waals surface area contributed by atoms with Crippen LogP contribution in [-0.4, -0.2) is 29.1 Å². The predicted molar refractivity (Wildman–Crippen MR) is 136 cm³/mol. The van der Waals surface area contributed by atoms with Gasteiger partial charge in [-0.2, -0.15) is 0 Å². The van der Waals surface area contributed by atoms with Gasteiger partial charge in [0.15, 0.2) is 5.17 Å². The van der Waals surface area contributed by atoms with Crippen molar-refractivity contribution in [3.8, 4) is 0 Å². The summed E-state index contributed by atoms with van der Waals surface area (Å²) in [5, 5.41) is 5.75. The van der Waals surface area contributed by atoms with Crippen molar-refractivity contribution >= 4 is 28.8 Å². The maximum Gasteiger partial charge on any atom is 0.338 e. The van der Waals surface area contributed by atoms with Crippen molar-refractivity contribution in [2.24, 2.45) is 4.99 Å². The number of esters is 1. The summed E-state index contributed by atoms with van der Waals surface area (Å²) in [4.78, 5) is 32.7. The highest BCUT2D eigenvalue weighted by Gasteiger charge is 2.42. The lowest BCUT2D eigenvalue weighted by atomic mass is 9.89. The number of nitrogens with one attached hydrogen (secondary N) is 1. The van der Waals surface area contributed by atoms with Crippen LogP contribution in [0, 0.1) is 13.8 Å². The Morgan fingerprint density at radius 3 is 2.62 bits per heavy atom. The van der Waals surface area contributed by atoms with E-state index >= 15 is 0 Å². The number of hydrogen-bond acceptors (Lipinski definition) is 6. The number of aliphatic imine (C=N–C) groups is 1. The fraction of sp³-hybridized carbons (Fsp3) is 0.296. The largest absolute Gasteiger partial charge is 0.466 e. The maximum atomic E-state index is 13.0. The molecule has 0 saturated carbocycles. The molecule has 0 bridgehead atoms. The normalized spacial score (nSPS) is 17.2. The van der Waals surface area contributed by atoms with E-state index in [-0.39, 0.29) is 12.3 Å². The van der Waals surface area contributed by atoms with Gasteiger partial charge in [-0.3, -0.25) is 4.79 Å². The molecule has 1 N–H and O–H groups in total. The number of benzene rings is 2. The Morgan fingerprint density at radius 2 is 1.91 bits per heavy atom. The number of hydrogen-bond donors (Lipinski definition) is 1. The average molecular weight is 476 g/mol. The monoisotopic (exact) mass is 475 g/mol. The van der Waals surface area contributed by atoms with Gasteiger partial charge in [0.05, 0.1) is 30.8 Å². The average Bonchev–Trinajstić information content (AvgIpc) is 3.25. The molecular weight excluding hydrogens is 446 g/mol. The number of amidine groups is 1. The van der Waals surface area contributed by atoms with Crippen LogP contribution in [0.1, 0.15) is 48.1 Å². The van der Waals surface area contributed by atoms with Crippen molar-refractivity contribution in [1.29, 1.82) is 0 Å². The molecule has 0 unspecified atom stereocenters. The van der Waals surface area contributed by atoms with Gasteiger partial charge >= 0.3 is 5.97 Å². The summed E-state index contributed by atoms with van der Waals surface area (Å²) in [5.74, 6) is -0.475. The van der Waals surface area contributed by atoms with E-state index in [0.717, 1.165) is 38.8 Å². The number of ether oxygens (including phenoxy) is 1. The van der Waals surface area contributed by atoms with Gasteiger partial charge in [0.25, 0.3) is 0 Å². The zero-order chi connectivity index (χ0) is 24.2. The minimum Gasteiger partial charge on any atom is -0.466 e. The topological polar surface area (TPSA) is 71.0 Å². The third-order valence-electron chi connectivity index (χ3n) is 6.03. The summed E-state index contributed by atoms with van der Waals surface area (Å²) < 4.78 is 5.20. The van der Waals surface area contributed by atoms with E-state index in [1.165, 1.54) is 18.9 Å². The van der Waals surface area contributed by atoms with Crippen molar-refractivity contribution in [3.05, 3.63) is 93.2 Å². The molecule has 2 heterocycles. The van der Waals surface area contributed by atoms with Gasteiger partial charge in [-0.1, -0.05) is 72.8 Å². The number of thioether (sulfide) groups is 1. The zero-order valence-electron chi connectivity index (χ0n) is 19.9. The molecular formula is C27H29N3O3S. The van der Waals surface area contributed by atoms with E-state index in [0.29, 0.717) is 18.5 Å². The molecule has 34 heavy (non-hydrogen) atoms. The summed E-state index contributed by atoms with van der Waals surface area (Å²) in [6.45, 7) is 6.54. The first-order chi connectivity index (χ1) is 16.4. The highest BCUT2D eigenvalue weighted by atomic mass is 32.2. The predicted octanol–water partition coefficient (Wildman–Crippen LogP) is 5.15. The molecule has 0 fully saturated rings. The summed E-state index contributed by atoms with van der Waals surface area (Å²) in [6, 6.07) is 15.7. The second-order valence-corrected chi connectivity index (χ2v) is 9.24. The Labute approximate surface area is 204 Å². The van der Waals surface area contributed by atoms with E-state index in [2.05, 4.69) is 23.5 Å². The van der Waals surface area contributed by atoms with Gasteiger partial charge in [-0.05, 0) is 42.4 Å². The molecule has 0 radical (unpaired) electrons. The number of amides is 1. The van der Waals surface area contributed by atoms with Gasteiger partial charge in [0.2, 0.25) is 5.91 Å². The Balaban J connectivity index is 1.67. The van der Waals surface area contributed by atoms with Gasteiger partial charge in [0.1, 0.15) is 0 Å². The molecule has 2 aromatic rings. The molecule has 2 aliphatic heterocycles. The Morgan fingerprint density at radius 1 is 1.15 bits per heavy atom. The number of fused-ring (bicyclic) bond motifs is 1. The lowest BCUT2D eigenvalue weighted by molar-refractivity contribution is -0.136. The summed E-state index contributed by atoms with van der Waals surface area (Å²) in [5.41, 5.74) is 6.29. The smallest absolute Gasteiger partial charge is 0.338 e. The quantitative estimate of drug-likeness (QED) is 0.561. The van der Waals surface area contributed by atoms with E-state index in [9.17, 15) is 9.59 Å². The van der Waals surface area contributed by atoms with Crippen LogP contribution in [0.2, 0.25) is 0 Å². The zero-order valence-corrected chi connectivity index (χ0v) is 20.7. The number of carbonyl (C=O) groups is 2. The van der Waals surface area contributed by atoms with E-state index in [4.69, 9.17) is 9.73 Å². The number of nitrogens with zero attached hydrogens (tertiary/aromatic N) is 2. The van der Waals surface area contributed by atoms with Crippen molar-refractivity contribution in [1.82, 2.24) is 10.2 Å². The molecule has 0 aliphatic carbocycles. The summed E-state index contributed by atoms with van der Waals surface area (Å²) in [7, 11) is 1.40. The fourth-order valence-electron chi connectivity index (χ4n) is 4.28. The van der Waals surface area contributed by atoms with Crippen LogP contribution < -0.4 is 5.32 Å². The minimum atomic E-state index is -0.405. The second-order valence-electron chi connectivity index (χ2n) is 8.40. The van der Waals surface area contributed by atoms with Gasteiger partial charge in [-0.15, -0.1) is 0 Å². The van der Waals surface area contributed by atoms with Crippen LogP contribution in [-0.2, 0) is 20.9 Å². The Hall–Kier alpha value is -3.32. The summed E-state index contributed by atoms with van der Waals surface area (Å²) in [6.07, 6.45) is 0.798. The van der Waals surface area contributed by atoms with Crippen LogP contribution >= 0.6 is 11.8 Å². The van der Waals surface area contributed by atoms with Crippen LogP contribution in [0.25, 0.3) is 0 Å². The van der Waals surface area contributed by atoms with Crippen molar-refractivity contribution < 1.29 is 14.3 Å². The number of methoxy groups -OCH3 is 1. The van der Waals surface area contributed by atoms with Gasteiger partial charge in [0, 0.05) is 12.2 Å². The van der Waals surface area contributed by atoms with Crippen LogP contribution in [0.4, 0.5) is 0 Å². The molecule has 4 rings (SSSR count). The minimum absolute atomic E-state index is 0.0819. The van der Waals surface area contributed by atoms with Crippen molar-refractivity contribution in [3.63, 3.8) is 0 Å². The van der Waals surface area contributed by atoms with E-state index in [1.54, 1.807) is 0 Å². The number of aryl methyl sites for hydroxylation is 2. The van der Waals surface area contributed by atoms with Crippen molar-refractivity contribution in [2.75, 3.05) is 7.11 Å². The molecule has 0 spiro atoms. The molecule has 0 aromatic heterocycles. The third-order valence-corrected chi connectivity index (χ3v) is 6.92. The number of carbonyl (C=O) groups excluding carboxylic acids is 2. The highest BCUT2D eigenvalue weighted by molar-refractivity contribution is 8.16. The van der Waals surface area contributed by atoms with Gasteiger partial charge < -0.3 is 15.0 Å². The lowest BCUT2D eigenvalue weighted by Gasteiger charge is -2.37. The second kappa shape index (κ2) is 10.3. The van der Waals surface area contributed by atoms with E-state index < -0.39 is 12.0 Å². The molecule has 7 heteroatoms. The molecule has 1 atom stereocenters. The SMILES string of the molecule is CCC1=C(C(=O)OC)[C@@H](c2cc(C)ccc2C)N2C(CC(=O)NCc3ccccc3)=CSC2=N1. The highest BCUT2D eigenvalue weighted by Crippen LogP contribution is 2.46.